The van der Waals surface area contributed by atoms with E-state index in [4.69, 9.17) is 11.6 Å². The molecule has 1 unspecified atom stereocenters. The van der Waals surface area contributed by atoms with E-state index in [1.807, 2.05) is 13.8 Å². The third-order valence-electron chi connectivity index (χ3n) is 4.44. The van der Waals surface area contributed by atoms with Crippen LogP contribution in [0.1, 0.15) is 42.6 Å². The van der Waals surface area contributed by atoms with E-state index in [-0.39, 0.29) is 41.5 Å². The fraction of sp³-hybridized carbons (Fsp3) is 0.333. The highest BCUT2D eigenvalue weighted by Gasteiger charge is 2.16. The van der Waals surface area contributed by atoms with Crippen LogP contribution in [0.5, 0.6) is 0 Å². The first-order valence-corrected chi connectivity index (χ1v) is 11.4. The van der Waals surface area contributed by atoms with Crippen molar-refractivity contribution in [1.29, 1.82) is 0 Å². The highest BCUT2D eigenvalue weighted by atomic mass is 35.5. The lowest BCUT2D eigenvalue weighted by Gasteiger charge is -2.12. The largest absolute Gasteiger partial charge is 0.352 e. The Labute approximate surface area is 176 Å². The number of carbonyl (C=O) groups excluding carboxylic acids is 2. The van der Waals surface area contributed by atoms with Gasteiger partial charge < -0.3 is 10.6 Å². The van der Waals surface area contributed by atoms with Crippen molar-refractivity contribution in [3.63, 3.8) is 0 Å². The number of amides is 2. The Kier molecular flexibility index (Phi) is 8.22. The molecule has 0 saturated heterocycles. The molecule has 29 heavy (non-hydrogen) atoms. The quantitative estimate of drug-likeness (QED) is 0.630. The predicted molar refractivity (Wildman–Crippen MR) is 114 cm³/mol. The SMILES string of the molecule is CCC(C)NC(=O)c1cccc(CNC(=O)CCS(=O)(=O)c2ccc(Cl)cc2)c1. The fourth-order valence-corrected chi connectivity index (χ4v) is 3.87. The summed E-state index contributed by atoms with van der Waals surface area (Å²) in [5, 5.41) is 6.03. The maximum absolute atomic E-state index is 12.3. The van der Waals surface area contributed by atoms with E-state index in [1.54, 1.807) is 24.3 Å². The fourth-order valence-electron chi connectivity index (χ4n) is 2.51. The number of halogens is 1. The second-order valence-corrected chi connectivity index (χ2v) is 9.33. The van der Waals surface area contributed by atoms with Crippen LogP contribution in [0.15, 0.2) is 53.4 Å². The molecule has 0 aliphatic rings. The Morgan fingerprint density at radius 3 is 2.45 bits per heavy atom. The van der Waals surface area contributed by atoms with E-state index < -0.39 is 9.84 Å². The molecule has 0 aliphatic heterocycles. The van der Waals surface area contributed by atoms with E-state index in [9.17, 15) is 18.0 Å². The maximum Gasteiger partial charge on any atom is 0.251 e. The molecule has 2 rings (SSSR count). The number of carbonyl (C=O) groups is 2. The summed E-state index contributed by atoms with van der Waals surface area (Å²) in [5.41, 5.74) is 1.28. The van der Waals surface area contributed by atoms with Crippen molar-refractivity contribution in [1.82, 2.24) is 10.6 Å². The van der Waals surface area contributed by atoms with E-state index in [0.717, 1.165) is 12.0 Å². The first-order valence-electron chi connectivity index (χ1n) is 9.36. The van der Waals surface area contributed by atoms with Gasteiger partial charge in [-0.25, -0.2) is 8.42 Å². The van der Waals surface area contributed by atoms with E-state index in [2.05, 4.69) is 10.6 Å². The van der Waals surface area contributed by atoms with Gasteiger partial charge in [-0.3, -0.25) is 9.59 Å². The van der Waals surface area contributed by atoms with E-state index >= 15 is 0 Å². The van der Waals surface area contributed by atoms with Gasteiger partial charge in [0, 0.05) is 29.6 Å². The van der Waals surface area contributed by atoms with Crippen LogP contribution in [0.4, 0.5) is 0 Å². The summed E-state index contributed by atoms with van der Waals surface area (Å²) < 4.78 is 24.6. The van der Waals surface area contributed by atoms with Crippen molar-refractivity contribution in [3.8, 4) is 0 Å². The number of rotatable bonds is 9. The molecule has 0 bridgehead atoms. The van der Waals surface area contributed by atoms with Crippen molar-refractivity contribution in [3.05, 3.63) is 64.7 Å². The van der Waals surface area contributed by atoms with Crippen LogP contribution in [0.25, 0.3) is 0 Å². The Balaban J connectivity index is 1.88. The molecule has 0 saturated carbocycles. The molecule has 2 amide bonds. The molecule has 0 fully saturated rings. The lowest BCUT2D eigenvalue weighted by atomic mass is 10.1. The van der Waals surface area contributed by atoms with Gasteiger partial charge in [-0.15, -0.1) is 0 Å². The number of benzene rings is 2. The molecular formula is C21H25ClN2O4S. The average molecular weight is 437 g/mol. The molecule has 1 atom stereocenters. The van der Waals surface area contributed by atoms with Crippen LogP contribution >= 0.6 is 11.6 Å². The van der Waals surface area contributed by atoms with Gasteiger partial charge in [0.1, 0.15) is 0 Å². The topological polar surface area (TPSA) is 92.3 Å². The van der Waals surface area contributed by atoms with Crippen molar-refractivity contribution in [2.24, 2.45) is 0 Å². The summed E-state index contributed by atoms with van der Waals surface area (Å²) in [6.07, 6.45) is 0.680. The average Bonchev–Trinajstić information content (AvgIpc) is 2.71. The monoisotopic (exact) mass is 436 g/mol. The first kappa shape index (κ1) is 22.9. The molecule has 0 spiro atoms. The van der Waals surface area contributed by atoms with Gasteiger partial charge in [-0.05, 0) is 55.3 Å². The third-order valence-corrected chi connectivity index (χ3v) is 6.42. The Morgan fingerprint density at radius 2 is 1.79 bits per heavy atom. The van der Waals surface area contributed by atoms with Gasteiger partial charge in [-0.1, -0.05) is 30.7 Å². The van der Waals surface area contributed by atoms with E-state index in [0.29, 0.717) is 10.6 Å². The smallest absolute Gasteiger partial charge is 0.251 e. The van der Waals surface area contributed by atoms with E-state index in [1.165, 1.54) is 24.3 Å². The summed E-state index contributed by atoms with van der Waals surface area (Å²) in [4.78, 5) is 24.4. The predicted octanol–water partition coefficient (Wildman–Crippen LogP) is 3.35. The highest BCUT2D eigenvalue weighted by Crippen LogP contribution is 2.16. The summed E-state index contributed by atoms with van der Waals surface area (Å²) in [5.74, 6) is -0.837. The van der Waals surface area contributed by atoms with Crippen LogP contribution in [-0.4, -0.2) is 32.0 Å². The zero-order chi connectivity index (χ0) is 21.4. The summed E-state index contributed by atoms with van der Waals surface area (Å²) in [7, 11) is -3.56. The van der Waals surface area contributed by atoms with Gasteiger partial charge in [0.2, 0.25) is 5.91 Å². The van der Waals surface area contributed by atoms with Crippen LogP contribution in [0.2, 0.25) is 5.02 Å². The molecule has 2 aromatic carbocycles. The number of hydrogen-bond donors (Lipinski definition) is 2. The number of sulfone groups is 1. The molecule has 2 aromatic rings. The van der Waals surface area contributed by atoms with Gasteiger partial charge >= 0.3 is 0 Å². The summed E-state index contributed by atoms with van der Waals surface area (Å²) in [6.45, 7) is 4.13. The molecule has 0 aromatic heterocycles. The van der Waals surface area contributed by atoms with Crippen molar-refractivity contribution >= 4 is 33.3 Å². The minimum absolute atomic E-state index is 0.0773. The minimum atomic E-state index is -3.56. The Bertz CT molecular complexity index is 959. The normalized spacial score (nSPS) is 12.2. The summed E-state index contributed by atoms with van der Waals surface area (Å²) in [6, 6.07) is 12.9. The lowest BCUT2D eigenvalue weighted by Crippen LogP contribution is -2.32. The second kappa shape index (κ2) is 10.4. The standard InChI is InChI=1S/C21H25ClN2O4S/c1-3-15(2)24-21(26)17-6-4-5-16(13-17)14-23-20(25)11-12-29(27,28)19-9-7-18(22)8-10-19/h4-10,13,15H,3,11-12,14H2,1-2H3,(H,23,25)(H,24,26). The van der Waals surface area contributed by atoms with Gasteiger partial charge in [0.05, 0.1) is 10.6 Å². The maximum atomic E-state index is 12.3. The van der Waals surface area contributed by atoms with Crippen molar-refractivity contribution in [2.75, 3.05) is 5.75 Å². The third kappa shape index (κ3) is 7.18. The molecule has 0 heterocycles. The molecular weight excluding hydrogens is 412 g/mol. The van der Waals surface area contributed by atoms with Gasteiger partial charge in [-0.2, -0.15) is 0 Å². The molecule has 8 heteroatoms. The van der Waals surface area contributed by atoms with Crippen molar-refractivity contribution in [2.45, 2.75) is 44.2 Å². The highest BCUT2D eigenvalue weighted by molar-refractivity contribution is 7.91. The Morgan fingerprint density at radius 1 is 1.10 bits per heavy atom. The van der Waals surface area contributed by atoms with Crippen molar-refractivity contribution < 1.29 is 18.0 Å². The zero-order valence-electron chi connectivity index (χ0n) is 16.4. The number of hydrogen-bond acceptors (Lipinski definition) is 4. The van der Waals surface area contributed by atoms with Crippen LogP contribution in [-0.2, 0) is 21.2 Å². The first-order chi connectivity index (χ1) is 13.7. The molecule has 2 N–H and O–H groups in total. The molecule has 0 radical (unpaired) electrons. The zero-order valence-corrected chi connectivity index (χ0v) is 18.0. The van der Waals surface area contributed by atoms with Crippen LogP contribution in [0.3, 0.4) is 0 Å². The number of nitrogens with one attached hydrogen (secondary N) is 2. The molecule has 156 valence electrons. The van der Waals surface area contributed by atoms with Gasteiger partial charge in [0.25, 0.3) is 5.91 Å². The van der Waals surface area contributed by atoms with Gasteiger partial charge in [0.15, 0.2) is 9.84 Å². The van der Waals surface area contributed by atoms with Crippen LogP contribution < -0.4 is 10.6 Å². The second-order valence-electron chi connectivity index (χ2n) is 6.78. The minimum Gasteiger partial charge on any atom is -0.352 e. The lowest BCUT2D eigenvalue weighted by molar-refractivity contribution is -0.120. The molecule has 0 aliphatic carbocycles. The molecule has 6 nitrogen and oxygen atoms in total. The van der Waals surface area contributed by atoms with Crippen LogP contribution in [0, 0.1) is 0 Å². The summed E-state index contributed by atoms with van der Waals surface area (Å²) >= 11 is 5.77. The Hall–Kier alpha value is -2.38.